The van der Waals surface area contributed by atoms with Crippen molar-refractivity contribution in [2.24, 2.45) is 5.41 Å². The summed E-state index contributed by atoms with van der Waals surface area (Å²) in [5.74, 6) is -0.576. The van der Waals surface area contributed by atoms with Crippen LogP contribution in [0, 0.1) is 21.3 Å². The molecule has 0 spiro atoms. The molecule has 0 saturated carbocycles. The lowest BCUT2D eigenvalue weighted by Gasteiger charge is -2.34. The second kappa shape index (κ2) is 11.6. The zero-order valence-corrected chi connectivity index (χ0v) is 23.8. The number of piperazine rings is 1. The quantitative estimate of drug-likeness (QED) is 0.210. The van der Waals surface area contributed by atoms with Gasteiger partial charge in [0.1, 0.15) is 11.6 Å². The molecule has 0 radical (unpaired) electrons. The van der Waals surface area contributed by atoms with Crippen LogP contribution in [-0.2, 0) is 4.79 Å². The number of nitrogens with zero attached hydrogens (tertiary/aromatic N) is 6. The number of rotatable bonds is 9. The highest BCUT2D eigenvalue weighted by atomic mass is 19.1. The molecule has 2 aromatic heterocycles. The van der Waals surface area contributed by atoms with Crippen molar-refractivity contribution in [3.8, 4) is 11.6 Å². The molecule has 2 aromatic carbocycles. The summed E-state index contributed by atoms with van der Waals surface area (Å²) in [5.41, 5.74) is 0.228. The first-order chi connectivity index (χ1) is 20.0. The van der Waals surface area contributed by atoms with Gasteiger partial charge >= 0.3 is 5.97 Å². The van der Waals surface area contributed by atoms with E-state index in [0.717, 1.165) is 26.2 Å². The molecular weight excluding hydrogens is 545 g/mol. The van der Waals surface area contributed by atoms with Crippen LogP contribution < -0.4 is 19.8 Å². The van der Waals surface area contributed by atoms with E-state index in [1.54, 1.807) is 38.1 Å². The molecule has 13 heteroatoms. The van der Waals surface area contributed by atoms with Crippen LogP contribution in [-0.4, -0.2) is 63.7 Å². The van der Waals surface area contributed by atoms with Crippen LogP contribution in [0.15, 0.2) is 54.7 Å². The van der Waals surface area contributed by atoms with Crippen LogP contribution in [0.4, 0.5) is 27.4 Å². The van der Waals surface area contributed by atoms with Gasteiger partial charge in [0.25, 0.3) is 5.69 Å². The molecule has 1 aliphatic heterocycles. The van der Waals surface area contributed by atoms with Crippen LogP contribution in [0.2, 0.25) is 0 Å². The highest BCUT2D eigenvalue weighted by Crippen LogP contribution is 2.32. The van der Waals surface area contributed by atoms with E-state index in [-0.39, 0.29) is 28.9 Å². The minimum absolute atomic E-state index is 0.0421. The van der Waals surface area contributed by atoms with Gasteiger partial charge in [-0.3, -0.25) is 10.1 Å². The fraction of sp³-hybridized carbons (Fsp3) is 0.345. The number of hydrogen-bond acceptors (Lipinski definition) is 10. The normalized spacial score (nSPS) is 14.2. The minimum atomic E-state index is -0.740. The van der Waals surface area contributed by atoms with E-state index in [1.807, 2.05) is 18.9 Å². The van der Waals surface area contributed by atoms with Crippen molar-refractivity contribution in [1.82, 2.24) is 19.6 Å². The molecule has 220 valence electrons. The molecule has 1 saturated heterocycles. The summed E-state index contributed by atoms with van der Waals surface area (Å²) in [7, 11) is 2.04. The van der Waals surface area contributed by atoms with Crippen LogP contribution in [0.5, 0.6) is 11.6 Å². The number of likely N-dealkylation sites (N-methyl/N-ethyl adjacent to an activating group) is 1. The number of non-ortho nitro benzene ring substituents is 1. The molecule has 5 rings (SSSR count). The zero-order chi connectivity index (χ0) is 30.0. The van der Waals surface area contributed by atoms with Crippen molar-refractivity contribution in [1.29, 1.82) is 0 Å². The maximum atomic E-state index is 15.2. The number of carbonyl (C=O) groups is 1. The minimum Gasteiger partial charge on any atom is -0.438 e. The van der Waals surface area contributed by atoms with Crippen molar-refractivity contribution >= 4 is 40.0 Å². The maximum Gasteiger partial charge on any atom is 0.338 e. The lowest BCUT2D eigenvalue weighted by Crippen LogP contribution is -2.44. The largest absolute Gasteiger partial charge is 0.438 e. The number of nitro benzene ring substituents is 1. The Hall–Kier alpha value is -4.78. The third-order valence-electron chi connectivity index (χ3n) is 7.38. The Morgan fingerprint density at radius 2 is 1.88 bits per heavy atom. The molecule has 3 heterocycles. The summed E-state index contributed by atoms with van der Waals surface area (Å²) >= 11 is 0. The summed E-state index contributed by atoms with van der Waals surface area (Å²) in [6.45, 7) is 8.59. The molecule has 4 aromatic rings. The Bertz CT molecular complexity index is 1630. The molecule has 1 N–H and O–H groups in total. The van der Waals surface area contributed by atoms with Gasteiger partial charge in [0.2, 0.25) is 11.8 Å². The third-order valence-corrected chi connectivity index (χ3v) is 7.38. The van der Waals surface area contributed by atoms with Gasteiger partial charge in [0.05, 0.1) is 27.5 Å². The van der Waals surface area contributed by atoms with E-state index in [9.17, 15) is 14.9 Å². The highest BCUT2D eigenvalue weighted by Gasteiger charge is 2.29. The third kappa shape index (κ3) is 6.10. The molecule has 0 aliphatic carbocycles. The maximum absolute atomic E-state index is 15.2. The molecule has 1 aliphatic rings. The number of aromatic nitrogens is 3. The van der Waals surface area contributed by atoms with Crippen LogP contribution >= 0.6 is 0 Å². The van der Waals surface area contributed by atoms with Crippen molar-refractivity contribution in [2.45, 2.75) is 27.2 Å². The fourth-order valence-electron chi connectivity index (χ4n) is 4.32. The van der Waals surface area contributed by atoms with Gasteiger partial charge in [-0.1, -0.05) is 13.0 Å². The van der Waals surface area contributed by atoms with Crippen molar-refractivity contribution in [3.63, 3.8) is 0 Å². The summed E-state index contributed by atoms with van der Waals surface area (Å²) in [6.07, 6.45) is 2.07. The van der Waals surface area contributed by atoms with Gasteiger partial charge in [-0.05, 0) is 57.6 Å². The smallest absolute Gasteiger partial charge is 0.338 e. The number of nitro groups is 1. The summed E-state index contributed by atoms with van der Waals surface area (Å²) in [6, 6.07) is 12.1. The van der Waals surface area contributed by atoms with Gasteiger partial charge in [-0.25, -0.2) is 9.18 Å². The Labute approximate surface area is 241 Å². The average Bonchev–Trinajstić information content (AvgIpc) is 3.36. The first-order valence-corrected chi connectivity index (χ1v) is 13.6. The monoisotopic (exact) mass is 577 g/mol. The van der Waals surface area contributed by atoms with E-state index in [4.69, 9.17) is 9.57 Å². The molecule has 1 fully saturated rings. The topological polar surface area (TPSA) is 128 Å². The lowest BCUT2D eigenvalue weighted by molar-refractivity contribution is -0.384. The average molecular weight is 578 g/mol. The lowest BCUT2D eigenvalue weighted by atomic mass is 9.91. The molecule has 42 heavy (non-hydrogen) atoms. The van der Waals surface area contributed by atoms with Crippen LogP contribution in [0.1, 0.15) is 27.2 Å². The van der Waals surface area contributed by atoms with Crippen molar-refractivity contribution in [3.05, 3.63) is 70.7 Å². The Morgan fingerprint density at radius 3 is 2.57 bits per heavy atom. The predicted molar refractivity (Wildman–Crippen MR) is 156 cm³/mol. The molecule has 0 bridgehead atoms. The second-order valence-electron chi connectivity index (χ2n) is 10.8. The Kier molecular flexibility index (Phi) is 7.94. The van der Waals surface area contributed by atoms with Gasteiger partial charge < -0.3 is 24.7 Å². The molecular formula is C29H32FN7O5. The van der Waals surface area contributed by atoms with Crippen molar-refractivity contribution in [2.75, 3.05) is 43.4 Å². The molecule has 12 nitrogen and oxygen atoms in total. The number of anilines is 3. The van der Waals surface area contributed by atoms with Gasteiger partial charge in [-0.15, -0.1) is 0 Å². The van der Waals surface area contributed by atoms with E-state index >= 15 is 4.39 Å². The zero-order valence-electron chi connectivity index (χ0n) is 23.8. The Morgan fingerprint density at radius 1 is 1.12 bits per heavy atom. The molecule has 0 amide bonds. The first kappa shape index (κ1) is 28.7. The number of hydrogen-bond donors (Lipinski definition) is 1. The Balaban J connectivity index is 1.49. The number of fused-ring (bicyclic) bond motifs is 1. The second-order valence-corrected chi connectivity index (χ2v) is 10.8. The summed E-state index contributed by atoms with van der Waals surface area (Å²) < 4.78 is 22.4. The van der Waals surface area contributed by atoms with Crippen LogP contribution in [0.25, 0.3) is 11.0 Å². The molecule has 0 atom stereocenters. The number of halogens is 1. The SMILES string of the molecule is CCC(C)(C)C(=O)On1ccc2c(Oc3cccc([N+](=O)[O-])c3)nc(Nc3ccc(N4CCN(C)CC4)c(F)c3)nc21. The van der Waals surface area contributed by atoms with E-state index in [0.29, 0.717) is 23.2 Å². The van der Waals surface area contributed by atoms with Crippen LogP contribution in [0.3, 0.4) is 0 Å². The van der Waals surface area contributed by atoms with Crippen molar-refractivity contribution < 1.29 is 23.7 Å². The number of carbonyl (C=O) groups excluding carboxylic acids is 1. The number of nitrogens with one attached hydrogen (secondary N) is 1. The van der Waals surface area contributed by atoms with Gasteiger partial charge in [0.15, 0.2) is 5.65 Å². The first-order valence-electron chi connectivity index (χ1n) is 13.6. The van der Waals surface area contributed by atoms with Gasteiger partial charge in [0, 0.05) is 44.1 Å². The fourth-order valence-corrected chi connectivity index (χ4v) is 4.32. The summed E-state index contributed by atoms with van der Waals surface area (Å²) in [5, 5.41) is 14.7. The number of ether oxygens (including phenoxy) is 1. The van der Waals surface area contributed by atoms with E-state index in [2.05, 4.69) is 20.2 Å². The van der Waals surface area contributed by atoms with E-state index < -0.39 is 22.1 Å². The van der Waals surface area contributed by atoms with Gasteiger partial charge in [-0.2, -0.15) is 14.7 Å². The molecule has 0 unspecified atom stereocenters. The standard InChI is InChI=1S/C29H32FN7O5/c1-5-29(2,3)27(38)42-36-12-11-22-25(36)32-28(33-26(22)41-21-8-6-7-20(18-21)37(39)40)31-19-9-10-24(23(30)17-19)35-15-13-34(4)14-16-35/h6-12,17-18H,5,13-16H2,1-4H3,(H,31,32,33). The predicted octanol–water partition coefficient (Wildman–Crippen LogP) is 5.16. The highest BCUT2D eigenvalue weighted by molar-refractivity contribution is 5.84. The summed E-state index contributed by atoms with van der Waals surface area (Å²) in [4.78, 5) is 42.4. The number of benzene rings is 2. The van der Waals surface area contributed by atoms with E-state index in [1.165, 1.54) is 35.2 Å².